The van der Waals surface area contributed by atoms with Crippen LogP contribution in [0.25, 0.3) is 110 Å². The van der Waals surface area contributed by atoms with E-state index in [4.69, 9.17) is 4.42 Å². The zero-order chi connectivity index (χ0) is 37.5. The van der Waals surface area contributed by atoms with E-state index in [2.05, 4.69) is 215 Å². The van der Waals surface area contributed by atoms with Gasteiger partial charge in [-0.2, -0.15) is 0 Å². The van der Waals surface area contributed by atoms with Crippen molar-refractivity contribution in [2.24, 2.45) is 0 Å². The Morgan fingerprint density at radius 3 is 1.49 bits per heavy atom. The Kier molecular flexibility index (Phi) is 6.93. The molecule has 0 spiro atoms. The van der Waals surface area contributed by atoms with Crippen LogP contribution in [-0.2, 0) is 0 Å². The van der Waals surface area contributed by atoms with Gasteiger partial charge in [-0.15, -0.1) is 0 Å². The fourth-order valence-corrected chi connectivity index (χ4v) is 9.15. The molecular weight excluding hydrogens is 693 g/mol. The number of nitrogens with zero attached hydrogens (tertiary/aromatic N) is 2. The van der Waals surface area contributed by atoms with Crippen LogP contribution in [0.4, 0.5) is 0 Å². The molecule has 0 saturated heterocycles. The van der Waals surface area contributed by atoms with Crippen molar-refractivity contribution < 1.29 is 4.42 Å². The summed E-state index contributed by atoms with van der Waals surface area (Å²) in [5, 5.41) is 7.11. The second-order valence-corrected chi connectivity index (χ2v) is 14.9. The van der Waals surface area contributed by atoms with Crippen LogP contribution in [0.15, 0.2) is 211 Å². The third-order valence-corrected chi connectivity index (χ3v) is 11.7. The van der Waals surface area contributed by atoms with Gasteiger partial charge in [-0.3, -0.25) is 0 Å². The maximum atomic E-state index is 6.83. The number of fused-ring (bicyclic) bond motifs is 9. The average Bonchev–Trinajstić information content (AvgIpc) is 3.94. The normalized spacial score (nSPS) is 11.9. The molecule has 3 aromatic heterocycles. The molecule has 3 nitrogen and oxygen atoms in total. The van der Waals surface area contributed by atoms with Gasteiger partial charge in [0.15, 0.2) is 5.58 Å². The van der Waals surface area contributed by atoms with Crippen LogP contribution in [0.2, 0.25) is 0 Å². The first-order chi connectivity index (χ1) is 28.3. The molecule has 0 amide bonds. The molecule has 0 unspecified atom stereocenters. The first-order valence-electron chi connectivity index (χ1n) is 19.5. The number of para-hydroxylation sites is 4. The molecule has 266 valence electrons. The number of furan rings is 1. The third-order valence-electron chi connectivity index (χ3n) is 11.7. The molecule has 12 rings (SSSR count). The van der Waals surface area contributed by atoms with E-state index in [0.29, 0.717) is 0 Å². The van der Waals surface area contributed by atoms with Crippen molar-refractivity contribution in [2.45, 2.75) is 0 Å². The maximum Gasteiger partial charge on any atom is 0.159 e. The maximum absolute atomic E-state index is 6.83. The predicted octanol–water partition coefficient (Wildman–Crippen LogP) is 14.8. The summed E-state index contributed by atoms with van der Waals surface area (Å²) in [6.45, 7) is 0. The summed E-state index contributed by atoms with van der Waals surface area (Å²) in [6.07, 6.45) is 0. The summed E-state index contributed by atoms with van der Waals surface area (Å²) in [4.78, 5) is 0. The molecule has 57 heavy (non-hydrogen) atoms. The fourth-order valence-electron chi connectivity index (χ4n) is 9.15. The summed E-state index contributed by atoms with van der Waals surface area (Å²) in [5.41, 5.74) is 15.6. The average molecular weight is 727 g/mol. The summed E-state index contributed by atoms with van der Waals surface area (Å²) in [5.74, 6) is 0. The first kappa shape index (κ1) is 31.7. The van der Waals surface area contributed by atoms with Crippen LogP contribution in [-0.4, -0.2) is 9.13 Å². The molecule has 0 saturated carbocycles. The highest BCUT2D eigenvalue weighted by atomic mass is 16.3. The number of rotatable bonds is 5. The Labute approximate surface area is 328 Å². The lowest BCUT2D eigenvalue weighted by Gasteiger charge is -2.15. The fraction of sp³-hybridized carbons (Fsp3) is 0. The van der Waals surface area contributed by atoms with Gasteiger partial charge in [-0.25, -0.2) is 0 Å². The molecule has 0 aliphatic rings. The van der Waals surface area contributed by atoms with Crippen molar-refractivity contribution in [3.63, 3.8) is 0 Å². The molecule has 0 radical (unpaired) electrons. The number of benzene rings is 9. The van der Waals surface area contributed by atoms with Crippen molar-refractivity contribution in [3.05, 3.63) is 206 Å². The quantitative estimate of drug-likeness (QED) is 0.173. The summed E-state index contributed by atoms with van der Waals surface area (Å²) in [7, 11) is 0. The van der Waals surface area contributed by atoms with Crippen molar-refractivity contribution >= 4 is 65.6 Å². The van der Waals surface area contributed by atoms with E-state index in [9.17, 15) is 0 Å². The van der Waals surface area contributed by atoms with Gasteiger partial charge in [-0.05, 0) is 88.0 Å². The number of aromatic nitrogens is 2. The van der Waals surface area contributed by atoms with Crippen molar-refractivity contribution in [3.8, 4) is 44.8 Å². The Morgan fingerprint density at radius 1 is 0.298 bits per heavy atom. The number of hydrogen-bond donors (Lipinski definition) is 0. The largest absolute Gasteiger partial charge is 0.454 e. The van der Waals surface area contributed by atoms with Crippen LogP contribution in [0.5, 0.6) is 0 Å². The smallest absolute Gasteiger partial charge is 0.159 e. The SMILES string of the molecule is c1ccc(-c2ccccc2-c2cc(-n3c4ccccc4c4ccc(-c5ccc6c7ccccc7n(-c7ccccc7)c6c5)cc43)c3oc4ccccc4c3c2)cc1. The van der Waals surface area contributed by atoms with Gasteiger partial charge in [0, 0.05) is 38.0 Å². The lowest BCUT2D eigenvalue weighted by Crippen LogP contribution is -1.96. The van der Waals surface area contributed by atoms with Crippen LogP contribution >= 0.6 is 0 Å². The zero-order valence-corrected chi connectivity index (χ0v) is 30.9. The molecule has 0 N–H and O–H groups in total. The van der Waals surface area contributed by atoms with Crippen molar-refractivity contribution in [1.29, 1.82) is 0 Å². The van der Waals surface area contributed by atoms with Gasteiger partial charge in [0.1, 0.15) is 5.58 Å². The van der Waals surface area contributed by atoms with Crippen molar-refractivity contribution in [1.82, 2.24) is 9.13 Å². The van der Waals surface area contributed by atoms with E-state index < -0.39 is 0 Å². The van der Waals surface area contributed by atoms with E-state index in [1.807, 2.05) is 0 Å². The minimum Gasteiger partial charge on any atom is -0.454 e. The molecule has 0 fully saturated rings. The van der Waals surface area contributed by atoms with Crippen LogP contribution < -0.4 is 0 Å². The Hall–Kier alpha value is -7.62. The number of hydrogen-bond acceptors (Lipinski definition) is 1. The van der Waals surface area contributed by atoms with Crippen LogP contribution in [0, 0.1) is 0 Å². The van der Waals surface area contributed by atoms with Gasteiger partial charge in [0.25, 0.3) is 0 Å². The first-order valence-corrected chi connectivity index (χ1v) is 19.5. The zero-order valence-electron chi connectivity index (χ0n) is 30.9. The highest BCUT2D eigenvalue weighted by Gasteiger charge is 2.21. The van der Waals surface area contributed by atoms with E-state index in [1.54, 1.807) is 0 Å². The molecular formula is C54H34N2O. The van der Waals surface area contributed by atoms with Gasteiger partial charge in [0.05, 0.1) is 27.8 Å². The highest BCUT2D eigenvalue weighted by molar-refractivity contribution is 6.15. The molecule has 3 heteroatoms. The molecule has 3 heterocycles. The van der Waals surface area contributed by atoms with E-state index in [0.717, 1.165) is 55.5 Å². The molecule has 0 atom stereocenters. The highest BCUT2D eigenvalue weighted by Crippen LogP contribution is 2.43. The van der Waals surface area contributed by atoms with Gasteiger partial charge < -0.3 is 13.6 Å². The lowest BCUT2D eigenvalue weighted by molar-refractivity contribution is 0.666. The van der Waals surface area contributed by atoms with Gasteiger partial charge in [0.2, 0.25) is 0 Å². The van der Waals surface area contributed by atoms with Gasteiger partial charge >= 0.3 is 0 Å². The lowest BCUT2D eigenvalue weighted by atomic mass is 9.93. The second-order valence-electron chi connectivity index (χ2n) is 14.9. The Balaban J connectivity index is 1.13. The molecule has 0 bridgehead atoms. The molecule has 0 aliphatic heterocycles. The standard InChI is InChI=1S/C54H34N2O/c1-3-15-35(16-4-1)40-19-7-8-20-41(40)38-31-47-46-23-11-14-26-53(46)57-54(47)52(34-38)56-49-25-13-10-22-43(49)45-30-28-37(33-51(45)56)36-27-29-44-42-21-9-12-24-48(42)55(50(44)32-36)39-17-5-2-6-18-39/h1-34H. The monoisotopic (exact) mass is 726 g/mol. The third kappa shape index (κ3) is 4.86. The van der Waals surface area contributed by atoms with E-state index >= 15 is 0 Å². The minimum atomic E-state index is 0.874. The van der Waals surface area contributed by atoms with Gasteiger partial charge in [-0.1, -0.05) is 152 Å². The summed E-state index contributed by atoms with van der Waals surface area (Å²) < 4.78 is 11.6. The second kappa shape index (κ2) is 12.5. The Morgan fingerprint density at radius 2 is 0.807 bits per heavy atom. The van der Waals surface area contributed by atoms with Crippen molar-refractivity contribution in [2.75, 3.05) is 0 Å². The Bertz CT molecular complexity index is 3510. The minimum absolute atomic E-state index is 0.874. The summed E-state index contributed by atoms with van der Waals surface area (Å²) >= 11 is 0. The summed E-state index contributed by atoms with van der Waals surface area (Å²) in [6, 6.07) is 74.4. The van der Waals surface area contributed by atoms with Crippen LogP contribution in [0.1, 0.15) is 0 Å². The topological polar surface area (TPSA) is 23.0 Å². The molecule has 12 aromatic rings. The molecule has 0 aliphatic carbocycles. The predicted molar refractivity (Wildman–Crippen MR) is 239 cm³/mol. The van der Waals surface area contributed by atoms with Crippen LogP contribution in [0.3, 0.4) is 0 Å². The van der Waals surface area contributed by atoms with E-state index in [-0.39, 0.29) is 0 Å². The molecule has 9 aromatic carbocycles. The van der Waals surface area contributed by atoms with E-state index in [1.165, 1.54) is 54.8 Å².